The van der Waals surface area contributed by atoms with Crippen molar-refractivity contribution in [1.29, 1.82) is 0 Å². The maximum Gasteiger partial charge on any atom is 0.247 e. The number of likely N-dealkylation sites (tertiary alicyclic amines) is 1. The number of aromatic nitrogens is 1. The number of H-pyrrole nitrogens is 1. The summed E-state index contributed by atoms with van der Waals surface area (Å²) in [5, 5.41) is 12.8. The Morgan fingerprint density at radius 1 is 1.00 bits per heavy atom. The molecule has 0 unspecified atom stereocenters. The van der Waals surface area contributed by atoms with Gasteiger partial charge in [0.2, 0.25) is 23.6 Å². The summed E-state index contributed by atoms with van der Waals surface area (Å²) >= 11 is 0. The van der Waals surface area contributed by atoms with Gasteiger partial charge in [-0.3, -0.25) is 19.2 Å². The molecule has 3 aromatic rings. The van der Waals surface area contributed by atoms with Crippen LogP contribution in [0.1, 0.15) is 45.1 Å². The topological polar surface area (TPSA) is 135 Å². The third-order valence-corrected chi connectivity index (χ3v) is 7.96. The van der Waals surface area contributed by atoms with E-state index in [1.807, 2.05) is 48.7 Å². The molecule has 2 aliphatic rings. The number of aromatic amines is 1. The lowest BCUT2D eigenvalue weighted by Crippen LogP contribution is -2.61. The molecule has 0 saturated carbocycles. The first-order valence-electron chi connectivity index (χ1n) is 14.3. The van der Waals surface area contributed by atoms with Crippen molar-refractivity contribution in [2.45, 2.75) is 69.6 Å². The second kappa shape index (κ2) is 12.1. The second-order valence-electron chi connectivity index (χ2n) is 11.4. The molecule has 3 heterocycles. The van der Waals surface area contributed by atoms with Crippen LogP contribution in [0.3, 0.4) is 0 Å². The van der Waals surface area contributed by atoms with Crippen LogP contribution in [0.4, 0.5) is 5.69 Å². The summed E-state index contributed by atoms with van der Waals surface area (Å²) in [6.45, 7) is 4.54. The molecule has 216 valence electrons. The Bertz CT molecular complexity index is 1410. The summed E-state index contributed by atoms with van der Waals surface area (Å²) in [7, 11) is 0. The van der Waals surface area contributed by atoms with E-state index < -0.39 is 23.5 Å². The average Bonchev–Trinajstić information content (AvgIpc) is 3.74. The van der Waals surface area contributed by atoms with E-state index in [4.69, 9.17) is 0 Å². The Balaban J connectivity index is 1.29. The van der Waals surface area contributed by atoms with Gasteiger partial charge < -0.3 is 31.2 Å². The zero-order valence-electron chi connectivity index (χ0n) is 23.5. The van der Waals surface area contributed by atoms with Crippen molar-refractivity contribution in [2.75, 3.05) is 18.4 Å². The highest BCUT2D eigenvalue weighted by molar-refractivity contribution is 6.00. The number of rotatable bonds is 9. The highest BCUT2D eigenvalue weighted by Crippen LogP contribution is 2.23. The fourth-order valence-electron chi connectivity index (χ4n) is 5.67. The number of amides is 4. The van der Waals surface area contributed by atoms with Crippen molar-refractivity contribution in [3.8, 4) is 0 Å². The summed E-state index contributed by atoms with van der Waals surface area (Å²) in [6, 6.07) is 15.0. The van der Waals surface area contributed by atoms with Gasteiger partial charge in [0.25, 0.3) is 0 Å². The number of anilines is 1. The lowest BCUT2D eigenvalue weighted by molar-refractivity contribution is -0.141. The second-order valence-corrected chi connectivity index (χ2v) is 11.4. The normalized spacial score (nSPS) is 19.6. The van der Waals surface area contributed by atoms with Gasteiger partial charge >= 0.3 is 0 Å². The number of hydrogen-bond donors (Lipinski definition) is 5. The lowest BCUT2D eigenvalue weighted by atomic mass is 9.99. The minimum Gasteiger partial charge on any atom is -0.361 e. The van der Waals surface area contributed by atoms with E-state index in [1.54, 1.807) is 30.9 Å². The monoisotopic (exact) mass is 558 g/mol. The van der Waals surface area contributed by atoms with Crippen LogP contribution in [-0.4, -0.2) is 70.3 Å². The molecule has 5 rings (SSSR count). The molecule has 0 radical (unpaired) electrons. The molecule has 5 N–H and O–H groups in total. The number of para-hydroxylation sites is 2. The highest BCUT2D eigenvalue weighted by Gasteiger charge is 2.41. The quantitative estimate of drug-likeness (QED) is 0.275. The maximum atomic E-state index is 13.6. The van der Waals surface area contributed by atoms with Gasteiger partial charge in [-0.25, -0.2) is 0 Å². The molecule has 3 atom stereocenters. The Morgan fingerprint density at radius 3 is 2.51 bits per heavy atom. The van der Waals surface area contributed by atoms with E-state index in [1.165, 1.54) is 0 Å². The summed E-state index contributed by atoms with van der Waals surface area (Å²) < 4.78 is 0. The van der Waals surface area contributed by atoms with E-state index in [0.717, 1.165) is 42.3 Å². The number of nitrogens with one attached hydrogen (secondary N) is 5. The molecular formula is C31H38N6O4. The fraction of sp³-hybridized carbons (Fsp3) is 0.419. The van der Waals surface area contributed by atoms with Crippen molar-refractivity contribution in [3.05, 3.63) is 66.4 Å². The largest absolute Gasteiger partial charge is 0.361 e. The Morgan fingerprint density at radius 2 is 1.76 bits per heavy atom. The molecule has 0 aliphatic carbocycles. The van der Waals surface area contributed by atoms with E-state index in [0.29, 0.717) is 18.7 Å². The Hall–Kier alpha value is -4.18. The smallest absolute Gasteiger partial charge is 0.247 e. The minimum atomic E-state index is -1.33. The predicted octanol–water partition coefficient (Wildman–Crippen LogP) is 2.47. The first-order chi connectivity index (χ1) is 19.7. The number of hydrogen-bond acceptors (Lipinski definition) is 5. The van der Waals surface area contributed by atoms with Crippen LogP contribution in [0.15, 0.2) is 60.8 Å². The Labute approximate surface area is 239 Å². The van der Waals surface area contributed by atoms with Crippen LogP contribution >= 0.6 is 0 Å². The molecule has 2 fully saturated rings. The number of carbonyl (C=O) groups excluding carboxylic acids is 4. The summed E-state index contributed by atoms with van der Waals surface area (Å²) in [4.78, 5) is 58.3. The molecule has 4 amide bonds. The molecular weight excluding hydrogens is 520 g/mol. The van der Waals surface area contributed by atoms with Gasteiger partial charge in [0.1, 0.15) is 17.6 Å². The maximum absolute atomic E-state index is 13.6. The Kier molecular flexibility index (Phi) is 8.39. The summed E-state index contributed by atoms with van der Waals surface area (Å²) in [5.41, 5.74) is 1.11. The molecule has 1 aromatic heterocycles. The van der Waals surface area contributed by atoms with Crippen molar-refractivity contribution in [1.82, 2.24) is 25.8 Å². The number of nitrogens with zero attached hydrogens (tertiary/aromatic N) is 1. The summed E-state index contributed by atoms with van der Waals surface area (Å²) in [6.07, 6.45) is 5.07. The molecule has 10 nitrogen and oxygen atoms in total. The van der Waals surface area contributed by atoms with Crippen molar-refractivity contribution in [2.24, 2.45) is 0 Å². The third-order valence-electron chi connectivity index (χ3n) is 7.96. The van der Waals surface area contributed by atoms with Gasteiger partial charge in [-0.2, -0.15) is 0 Å². The minimum absolute atomic E-state index is 0.0567. The van der Waals surface area contributed by atoms with Crippen LogP contribution in [0.2, 0.25) is 0 Å². The van der Waals surface area contributed by atoms with Gasteiger partial charge in [-0.05, 0) is 69.8 Å². The number of fused-ring (bicyclic) bond motifs is 1. The predicted molar refractivity (Wildman–Crippen MR) is 157 cm³/mol. The molecule has 2 aromatic carbocycles. The van der Waals surface area contributed by atoms with Crippen LogP contribution in [0, 0.1) is 0 Å². The van der Waals surface area contributed by atoms with Crippen molar-refractivity contribution in [3.63, 3.8) is 0 Å². The van der Waals surface area contributed by atoms with E-state index >= 15 is 0 Å². The van der Waals surface area contributed by atoms with Crippen LogP contribution < -0.4 is 21.3 Å². The SMILES string of the molecule is CC(C)(NC(=O)[C@@H]1CCCN1C(=O)[C@H]1CCCN1)C(=O)N[C@H](Cc1c[nH]c2ccccc12)C(=O)Nc1ccccc1. The van der Waals surface area contributed by atoms with Gasteiger partial charge in [0, 0.05) is 35.8 Å². The van der Waals surface area contributed by atoms with Crippen molar-refractivity contribution >= 4 is 40.2 Å². The van der Waals surface area contributed by atoms with E-state index in [9.17, 15) is 19.2 Å². The van der Waals surface area contributed by atoms with Crippen LogP contribution in [0.25, 0.3) is 10.9 Å². The molecule has 2 saturated heterocycles. The lowest BCUT2D eigenvalue weighted by Gasteiger charge is -2.32. The standard InChI is InChI=1S/C31H38N6O4/c1-31(2,36-28(39)26-15-9-17-37(26)29(40)24-14-8-16-32-24)30(41)35-25(27(38)34-21-10-4-3-5-11-21)18-20-19-33-23-13-7-6-12-22(20)23/h3-7,10-13,19,24-26,32-33H,8-9,14-18H2,1-2H3,(H,34,38)(H,35,41)(H,36,39)/t24-,25-,26+/m1/s1. The van der Waals surface area contributed by atoms with Gasteiger partial charge in [0.15, 0.2) is 0 Å². The fourth-order valence-corrected chi connectivity index (χ4v) is 5.67. The van der Waals surface area contributed by atoms with E-state index in [-0.39, 0.29) is 30.2 Å². The number of carbonyl (C=O) groups is 4. The molecule has 10 heteroatoms. The van der Waals surface area contributed by atoms with Gasteiger partial charge in [-0.1, -0.05) is 36.4 Å². The van der Waals surface area contributed by atoms with Crippen LogP contribution in [-0.2, 0) is 25.6 Å². The first kappa shape index (κ1) is 28.4. The van der Waals surface area contributed by atoms with E-state index in [2.05, 4.69) is 26.3 Å². The molecule has 0 spiro atoms. The molecule has 0 bridgehead atoms. The average molecular weight is 559 g/mol. The zero-order valence-corrected chi connectivity index (χ0v) is 23.5. The highest BCUT2D eigenvalue weighted by atomic mass is 16.2. The molecule has 2 aliphatic heterocycles. The molecule has 41 heavy (non-hydrogen) atoms. The van der Waals surface area contributed by atoms with Gasteiger partial charge in [0.05, 0.1) is 6.04 Å². The van der Waals surface area contributed by atoms with Crippen LogP contribution in [0.5, 0.6) is 0 Å². The number of benzene rings is 2. The first-order valence-corrected chi connectivity index (χ1v) is 14.3. The third kappa shape index (κ3) is 6.43. The van der Waals surface area contributed by atoms with Gasteiger partial charge in [-0.15, -0.1) is 0 Å². The summed E-state index contributed by atoms with van der Waals surface area (Å²) in [5.74, 6) is -1.28. The zero-order chi connectivity index (χ0) is 29.0. The van der Waals surface area contributed by atoms with Crippen molar-refractivity contribution < 1.29 is 19.2 Å².